The van der Waals surface area contributed by atoms with Gasteiger partial charge in [-0.15, -0.1) is 0 Å². The van der Waals surface area contributed by atoms with E-state index in [4.69, 9.17) is 0 Å². The molecule has 0 aliphatic carbocycles. The molecule has 0 fully saturated rings. The van der Waals surface area contributed by atoms with Crippen LogP contribution < -0.4 is 0 Å². The van der Waals surface area contributed by atoms with E-state index in [0.717, 1.165) is 4.28 Å². The normalized spacial score (nSPS) is 15.2. The molecule has 0 aliphatic heterocycles. The molecule has 0 unspecified atom stereocenters. The van der Waals surface area contributed by atoms with Crippen molar-refractivity contribution in [1.29, 1.82) is 0 Å². The second-order valence-corrected chi connectivity index (χ2v) is 26.3. The maximum absolute atomic E-state index is 2.64. The van der Waals surface area contributed by atoms with Crippen molar-refractivity contribution < 1.29 is 0 Å². The van der Waals surface area contributed by atoms with Gasteiger partial charge < -0.3 is 0 Å². The lowest BCUT2D eigenvalue weighted by molar-refractivity contribution is 0.684. The van der Waals surface area contributed by atoms with Gasteiger partial charge in [-0.1, -0.05) is 85.1 Å². The van der Waals surface area contributed by atoms with E-state index >= 15 is 0 Å². The van der Waals surface area contributed by atoms with Gasteiger partial charge in [-0.2, -0.15) is 0 Å². The predicted molar refractivity (Wildman–Crippen MR) is 92.3 cm³/mol. The van der Waals surface area contributed by atoms with Gasteiger partial charge in [-0.05, 0) is 4.28 Å². The molecule has 0 saturated carbocycles. The van der Waals surface area contributed by atoms with Gasteiger partial charge in [-0.3, -0.25) is 0 Å². The highest BCUT2D eigenvalue weighted by atomic mass is 28.5. The Morgan fingerprint density at radius 1 is 0.647 bits per heavy atom. The van der Waals surface area contributed by atoms with Crippen molar-refractivity contribution in [2.75, 3.05) is 0 Å². The van der Waals surface area contributed by atoms with Crippen LogP contribution >= 0.6 is 0 Å². The summed E-state index contributed by atoms with van der Waals surface area (Å²) in [5, 5.41) is 0. The molecule has 104 valence electrons. The van der Waals surface area contributed by atoms with Crippen molar-refractivity contribution >= 4 is 24.2 Å². The van der Waals surface area contributed by atoms with Gasteiger partial charge in [0, 0.05) is 24.2 Å². The van der Waals surface area contributed by atoms with Crippen LogP contribution in [0.2, 0.25) is 63.2 Å². The minimum Gasteiger partial charge on any atom is -0.0696 e. The van der Waals surface area contributed by atoms with E-state index in [1.54, 1.807) is 0 Å². The molecule has 17 heavy (non-hydrogen) atoms. The molecule has 0 radical (unpaired) electrons. The molecule has 0 aliphatic rings. The molecule has 0 aromatic heterocycles. The van der Waals surface area contributed by atoms with Crippen molar-refractivity contribution in [1.82, 2.24) is 0 Å². The van der Waals surface area contributed by atoms with E-state index in [0.29, 0.717) is 0 Å². The Kier molecular flexibility index (Phi) is 5.54. The first-order valence-electron chi connectivity index (χ1n) is 7.31. The summed E-state index contributed by atoms with van der Waals surface area (Å²) in [7, 11) is -3.36. The Hall–Kier alpha value is 0.651. The van der Waals surface area contributed by atoms with E-state index in [1.165, 1.54) is 19.3 Å². The summed E-state index contributed by atoms with van der Waals surface area (Å²) in [6.45, 7) is 26.1. The standard InChI is InChI=1S/C14H36Si3/c1-11-12-13-14(15(2,3)4,16(5,6)7)17(8,9)10/h11-13H2,1-10H3. The fourth-order valence-electron chi connectivity index (χ4n) is 4.94. The number of unbranched alkanes of at least 4 members (excludes halogenated alkanes) is 1. The summed E-state index contributed by atoms with van der Waals surface area (Å²) in [5.74, 6) is 0. The minimum atomic E-state index is -1.12. The zero-order chi connectivity index (χ0) is 14.1. The molecule has 0 nitrogen and oxygen atoms in total. The van der Waals surface area contributed by atoms with E-state index < -0.39 is 24.2 Å². The third kappa shape index (κ3) is 3.35. The quantitative estimate of drug-likeness (QED) is 0.525. The highest BCUT2D eigenvalue weighted by molar-refractivity contribution is 7.15. The van der Waals surface area contributed by atoms with Gasteiger partial charge in [0.15, 0.2) is 0 Å². The molecule has 0 N–H and O–H groups in total. The van der Waals surface area contributed by atoms with Crippen LogP contribution in [-0.2, 0) is 0 Å². The average Bonchev–Trinajstić information content (AvgIpc) is 1.96. The maximum atomic E-state index is 2.64. The maximum Gasteiger partial charge on any atom is 0.0452 e. The van der Waals surface area contributed by atoms with Gasteiger partial charge in [-0.25, -0.2) is 0 Å². The zero-order valence-corrected chi connectivity index (χ0v) is 17.1. The Morgan fingerprint density at radius 2 is 0.941 bits per heavy atom. The smallest absolute Gasteiger partial charge is 0.0452 e. The lowest BCUT2D eigenvalue weighted by atomic mass is 10.3. The largest absolute Gasteiger partial charge is 0.0696 e. The molecule has 0 rings (SSSR count). The Morgan fingerprint density at radius 3 is 1.12 bits per heavy atom. The molecule has 0 aromatic rings. The summed E-state index contributed by atoms with van der Waals surface area (Å²) in [6.07, 6.45) is 4.32. The van der Waals surface area contributed by atoms with Crippen molar-refractivity contribution in [2.45, 2.75) is 89.4 Å². The van der Waals surface area contributed by atoms with Gasteiger partial charge >= 0.3 is 0 Å². The summed E-state index contributed by atoms with van der Waals surface area (Å²) >= 11 is 0. The fraction of sp³-hybridized carbons (Fsp3) is 1.00. The lowest BCUT2D eigenvalue weighted by Gasteiger charge is -2.59. The third-order valence-electron chi connectivity index (χ3n) is 4.75. The first-order chi connectivity index (χ1) is 7.31. The number of hydrogen-bond donors (Lipinski definition) is 0. The molecule has 0 saturated heterocycles. The minimum absolute atomic E-state index is 0.781. The van der Waals surface area contributed by atoms with Crippen LogP contribution in [0.3, 0.4) is 0 Å². The van der Waals surface area contributed by atoms with Gasteiger partial charge in [0.2, 0.25) is 0 Å². The third-order valence-corrected chi connectivity index (χ3v) is 26.7. The van der Waals surface area contributed by atoms with Gasteiger partial charge in [0.05, 0.1) is 0 Å². The number of rotatable bonds is 6. The topological polar surface area (TPSA) is 0 Å². The van der Waals surface area contributed by atoms with E-state index in [2.05, 4.69) is 65.8 Å². The molecule has 0 aromatic carbocycles. The second kappa shape index (κ2) is 5.33. The van der Waals surface area contributed by atoms with Crippen LogP contribution in [0.4, 0.5) is 0 Å². The first-order valence-corrected chi connectivity index (χ1v) is 17.8. The van der Waals surface area contributed by atoms with Crippen LogP contribution in [0.5, 0.6) is 0 Å². The van der Waals surface area contributed by atoms with Gasteiger partial charge in [0.1, 0.15) is 0 Å². The summed E-state index contributed by atoms with van der Waals surface area (Å²) < 4.78 is 0.781. The van der Waals surface area contributed by atoms with Crippen molar-refractivity contribution in [2.24, 2.45) is 0 Å². The Balaban J connectivity index is 5.75. The predicted octanol–water partition coefficient (Wildman–Crippen LogP) is 6.01. The molecule has 0 amide bonds. The van der Waals surface area contributed by atoms with Crippen LogP contribution in [0.15, 0.2) is 0 Å². The Labute approximate surface area is 114 Å². The van der Waals surface area contributed by atoms with Crippen molar-refractivity contribution in [3.8, 4) is 0 Å². The molecule has 0 heterocycles. The number of hydrogen-bond acceptors (Lipinski definition) is 0. The van der Waals surface area contributed by atoms with Gasteiger partial charge in [0.25, 0.3) is 0 Å². The second-order valence-electron chi connectivity index (χ2n) is 8.76. The van der Waals surface area contributed by atoms with Crippen LogP contribution in [0.1, 0.15) is 26.2 Å². The van der Waals surface area contributed by atoms with Crippen LogP contribution in [0, 0.1) is 0 Å². The fourth-order valence-corrected chi connectivity index (χ4v) is 34.7. The average molecular weight is 289 g/mol. The van der Waals surface area contributed by atoms with E-state index in [1.807, 2.05) is 0 Å². The van der Waals surface area contributed by atoms with E-state index in [-0.39, 0.29) is 0 Å². The molecular formula is C14H36Si3. The molecule has 0 bridgehead atoms. The highest BCUT2D eigenvalue weighted by Gasteiger charge is 2.58. The van der Waals surface area contributed by atoms with E-state index in [9.17, 15) is 0 Å². The van der Waals surface area contributed by atoms with Crippen molar-refractivity contribution in [3.05, 3.63) is 0 Å². The highest BCUT2D eigenvalue weighted by Crippen LogP contribution is 2.56. The molecular weight excluding hydrogens is 252 g/mol. The van der Waals surface area contributed by atoms with Crippen LogP contribution in [-0.4, -0.2) is 24.2 Å². The molecule has 0 spiro atoms. The van der Waals surface area contributed by atoms with Crippen molar-refractivity contribution in [3.63, 3.8) is 0 Å². The summed E-state index contributed by atoms with van der Waals surface area (Å²) in [4.78, 5) is 0. The lowest BCUT2D eigenvalue weighted by Crippen LogP contribution is -2.65. The SMILES string of the molecule is CCCCC([Si](C)(C)C)([Si](C)(C)C)[Si](C)(C)C. The monoisotopic (exact) mass is 288 g/mol. The first kappa shape index (κ1) is 17.7. The Bertz CT molecular complexity index is 202. The summed E-state index contributed by atoms with van der Waals surface area (Å²) in [5.41, 5.74) is 0. The molecule has 0 atom stereocenters. The van der Waals surface area contributed by atoms with Crippen LogP contribution in [0.25, 0.3) is 0 Å². The zero-order valence-electron chi connectivity index (χ0n) is 14.1. The summed E-state index contributed by atoms with van der Waals surface area (Å²) in [6, 6.07) is 0. The molecule has 3 heteroatoms.